The van der Waals surface area contributed by atoms with Crippen molar-refractivity contribution in [3.05, 3.63) is 0 Å². The Morgan fingerprint density at radius 1 is 1.06 bits per heavy atom. The van der Waals surface area contributed by atoms with Gasteiger partial charge in [-0.1, -0.05) is 0 Å². The quantitative estimate of drug-likeness (QED) is 0.357. The van der Waals surface area contributed by atoms with Gasteiger partial charge in [-0.2, -0.15) is 0 Å². The molecule has 0 saturated carbocycles. The van der Waals surface area contributed by atoms with Crippen molar-refractivity contribution in [2.75, 3.05) is 0 Å². The van der Waals surface area contributed by atoms with Gasteiger partial charge >= 0.3 is 0 Å². The van der Waals surface area contributed by atoms with E-state index in [-0.39, 0.29) is 25.7 Å². The highest BCUT2D eigenvalue weighted by atomic mass is 16.2. The van der Waals surface area contributed by atoms with Gasteiger partial charge in [-0.25, -0.2) is 0 Å². The van der Waals surface area contributed by atoms with Gasteiger partial charge in [0.1, 0.15) is 0 Å². The minimum absolute atomic E-state index is 0.0225. The standard InChI is InChI=1S/C10H17N4O4/c11-7(2-4-9(13)17)10(18)14-6(5-15)1-3-8(12)16/h6-7H,1-4,11H2,(H2,12,16)(H2,13,17)(H,14,18). The van der Waals surface area contributed by atoms with Gasteiger partial charge < -0.3 is 22.5 Å². The maximum atomic E-state index is 11.5. The molecule has 0 fully saturated rings. The van der Waals surface area contributed by atoms with Crippen LogP contribution in [0, 0.1) is 0 Å². The summed E-state index contributed by atoms with van der Waals surface area (Å²) in [7, 11) is 0. The van der Waals surface area contributed by atoms with Gasteiger partial charge in [-0.3, -0.25) is 19.2 Å². The number of hydrogen-bond acceptors (Lipinski definition) is 5. The van der Waals surface area contributed by atoms with Crippen molar-refractivity contribution in [3.8, 4) is 0 Å². The first-order chi connectivity index (χ1) is 8.36. The number of hydrogen-bond donors (Lipinski definition) is 4. The molecule has 8 nitrogen and oxygen atoms in total. The molecule has 2 unspecified atom stereocenters. The van der Waals surface area contributed by atoms with Crippen LogP contribution in [0.4, 0.5) is 0 Å². The maximum Gasteiger partial charge on any atom is 0.237 e. The Balaban J connectivity index is 4.12. The molecule has 2 atom stereocenters. The average Bonchev–Trinajstić information content (AvgIpc) is 2.30. The first-order valence-electron chi connectivity index (χ1n) is 5.37. The molecule has 101 valence electrons. The third kappa shape index (κ3) is 7.34. The lowest BCUT2D eigenvalue weighted by atomic mass is 10.1. The third-order valence-corrected chi connectivity index (χ3v) is 2.18. The molecular weight excluding hydrogens is 240 g/mol. The Morgan fingerprint density at radius 2 is 1.56 bits per heavy atom. The van der Waals surface area contributed by atoms with Gasteiger partial charge in [-0.15, -0.1) is 0 Å². The third-order valence-electron chi connectivity index (χ3n) is 2.18. The molecule has 0 aliphatic rings. The van der Waals surface area contributed by atoms with Gasteiger partial charge in [0.15, 0.2) is 0 Å². The minimum atomic E-state index is -0.943. The van der Waals surface area contributed by atoms with Crippen LogP contribution in [0.1, 0.15) is 25.7 Å². The molecule has 0 saturated heterocycles. The first kappa shape index (κ1) is 16.0. The Kier molecular flexibility index (Phi) is 7.29. The van der Waals surface area contributed by atoms with E-state index in [2.05, 4.69) is 5.32 Å². The lowest BCUT2D eigenvalue weighted by molar-refractivity contribution is -0.124. The summed E-state index contributed by atoms with van der Waals surface area (Å²) in [4.78, 5) is 43.0. The largest absolute Gasteiger partial charge is 0.370 e. The number of primary amides is 2. The molecule has 18 heavy (non-hydrogen) atoms. The van der Waals surface area contributed by atoms with Crippen molar-refractivity contribution in [2.24, 2.45) is 17.2 Å². The van der Waals surface area contributed by atoms with Crippen LogP contribution in [0.3, 0.4) is 0 Å². The van der Waals surface area contributed by atoms with E-state index < -0.39 is 29.8 Å². The Bertz CT molecular complexity index is 332. The summed E-state index contributed by atoms with van der Waals surface area (Å²) in [6.45, 7) is 0. The topological polar surface area (TPSA) is 158 Å². The molecule has 0 bridgehead atoms. The SMILES string of the molecule is NC(=O)CCC([C]=O)NC(=O)C(N)CCC(N)=O. The molecule has 0 aromatic heterocycles. The molecule has 0 rings (SSSR count). The molecular formula is C10H17N4O4. The normalized spacial score (nSPS) is 13.4. The average molecular weight is 257 g/mol. The van der Waals surface area contributed by atoms with Crippen LogP contribution in [0.25, 0.3) is 0 Å². The summed E-state index contributed by atoms with van der Waals surface area (Å²) < 4.78 is 0. The fraction of sp³-hybridized carbons (Fsp3) is 0.600. The number of carbonyl (C=O) groups excluding carboxylic acids is 4. The fourth-order valence-electron chi connectivity index (χ4n) is 1.15. The number of carbonyl (C=O) groups is 3. The minimum Gasteiger partial charge on any atom is -0.370 e. The molecule has 3 amide bonds. The van der Waals surface area contributed by atoms with Crippen LogP contribution >= 0.6 is 0 Å². The highest BCUT2D eigenvalue weighted by Gasteiger charge is 2.19. The van der Waals surface area contributed by atoms with E-state index in [0.717, 1.165) is 0 Å². The summed E-state index contributed by atoms with van der Waals surface area (Å²) in [5.41, 5.74) is 15.3. The summed E-state index contributed by atoms with van der Waals surface area (Å²) in [6, 6.07) is -1.88. The smallest absolute Gasteiger partial charge is 0.237 e. The molecule has 0 aliphatic carbocycles. The van der Waals surface area contributed by atoms with Crippen LogP contribution in [-0.4, -0.2) is 36.1 Å². The second kappa shape index (κ2) is 8.18. The predicted octanol–water partition coefficient (Wildman–Crippen LogP) is -2.56. The van der Waals surface area contributed by atoms with E-state index in [1.54, 1.807) is 6.29 Å². The van der Waals surface area contributed by atoms with Crippen molar-refractivity contribution < 1.29 is 19.2 Å². The summed E-state index contributed by atoms with van der Waals surface area (Å²) in [6.07, 6.45) is 1.65. The fourth-order valence-corrected chi connectivity index (χ4v) is 1.15. The van der Waals surface area contributed by atoms with Gasteiger partial charge in [0, 0.05) is 12.8 Å². The second-order valence-corrected chi connectivity index (χ2v) is 3.80. The van der Waals surface area contributed by atoms with E-state index in [0.29, 0.717) is 0 Å². The summed E-state index contributed by atoms with van der Waals surface area (Å²) in [5, 5.41) is 2.30. The van der Waals surface area contributed by atoms with Crippen molar-refractivity contribution in [1.82, 2.24) is 5.32 Å². The summed E-state index contributed by atoms with van der Waals surface area (Å²) >= 11 is 0. The molecule has 0 aromatic rings. The van der Waals surface area contributed by atoms with Crippen molar-refractivity contribution in [3.63, 3.8) is 0 Å². The zero-order chi connectivity index (χ0) is 14.1. The lowest BCUT2D eigenvalue weighted by Crippen LogP contribution is -2.46. The zero-order valence-corrected chi connectivity index (χ0v) is 9.85. The number of nitrogens with two attached hydrogens (primary N) is 3. The Morgan fingerprint density at radius 3 is 2.00 bits per heavy atom. The van der Waals surface area contributed by atoms with Crippen LogP contribution in [-0.2, 0) is 19.2 Å². The molecule has 0 aliphatic heterocycles. The maximum absolute atomic E-state index is 11.5. The van der Waals surface area contributed by atoms with Gasteiger partial charge in [-0.05, 0) is 12.8 Å². The van der Waals surface area contributed by atoms with Crippen molar-refractivity contribution in [2.45, 2.75) is 37.8 Å². The van der Waals surface area contributed by atoms with Crippen LogP contribution in [0.15, 0.2) is 0 Å². The van der Waals surface area contributed by atoms with Gasteiger partial charge in [0.25, 0.3) is 0 Å². The molecule has 7 N–H and O–H groups in total. The van der Waals surface area contributed by atoms with E-state index in [9.17, 15) is 19.2 Å². The van der Waals surface area contributed by atoms with E-state index in [1.807, 2.05) is 0 Å². The number of nitrogens with one attached hydrogen (secondary N) is 1. The van der Waals surface area contributed by atoms with Crippen LogP contribution in [0.5, 0.6) is 0 Å². The van der Waals surface area contributed by atoms with E-state index >= 15 is 0 Å². The van der Waals surface area contributed by atoms with E-state index in [1.165, 1.54) is 0 Å². The highest BCUT2D eigenvalue weighted by molar-refractivity contribution is 5.85. The second-order valence-electron chi connectivity index (χ2n) is 3.80. The summed E-state index contributed by atoms with van der Waals surface area (Å²) in [5.74, 6) is -1.75. The van der Waals surface area contributed by atoms with Gasteiger partial charge in [0.2, 0.25) is 24.0 Å². The molecule has 1 radical (unpaired) electrons. The van der Waals surface area contributed by atoms with Gasteiger partial charge in [0.05, 0.1) is 12.1 Å². The number of rotatable bonds is 9. The Hall–Kier alpha value is -1.96. The lowest BCUT2D eigenvalue weighted by Gasteiger charge is -2.15. The predicted molar refractivity (Wildman–Crippen MR) is 62.5 cm³/mol. The van der Waals surface area contributed by atoms with Crippen LogP contribution in [0.2, 0.25) is 0 Å². The zero-order valence-electron chi connectivity index (χ0n) is 9.85. The molecule has 0 heterocycles. The molecule has 0 spiro atoms. The highest BCUT2D eigenvalue weighted by Crippen LogP contribution is 1.98. The Labute approximate surface area is 104 Å². The van der Waals surface area contributed by atoms with Crippen molar-refractivity contribution >= 4 is 24.0 Å². The van der Waals surface area contributed by atoms with Crippen LogP contribution < -0.4 is 22.5 Å². The van der Waals surface area contributed by atoms with Crippen molar-refractivity contribution in [1.29, 1.82) is 0 Å². The monoisotopic (exact) mass is 257 g/mol. The molecule has 0 aromatic carbocycles. The molecule has 8 heteroatoms. The number of amides is 3. The first-order valence-corrected chi connectivity index (χ1v) is 5.37. The van der Waals surface area contributed by atoms with E-state index in [4.69, 9.17) is 17.2 Å².